The minimum Gasteiger partial charge on any atom is -0.466 e. The van der Waals surface area contributed by atoms with Crippen molar-refractivity contribution in [2.45, 2.75) is 116 Å². The van der Waals surface area contributed by atoms with Gasteiger partial charge < -0.3 is 4.74 Å². The van der Waals surface area contributed by atoms with Crippen molar-refractivity contribution < 1.29 is 9.53 Å². The quantitative estimate of drug-likeness (QED) is 0.126. The summed E-state index contributed by atoms with van der Waals surface area (Å²) in [5.41, 5.74) is 0. The van der Waals surface area contributed by atoms with Gasteiger partial charge in [-0.05, 0) is 19.3 Å². The zero-order valence-electron chi connectivity index (χ0n) is 16.1. The summed E-state index contributed by atoms with van der Waals surface area (Å²) in [6, 6.07) is 0. The largest absolute Gasteiger partial charge is 0.466 e. The second-order valence-electron chi connectivity index (χ2n) is 6.96. The molecule has 0 rings (SSSR count). The molecule has 0 unspecified atom stereocenters. The maximum Gasteiger partial charge on any atom is 0.305 e. The first-order valence-electron chi connectivity index (χ1n) is 10.5. The van der Waals surface area contributed by atoms with Crippen LogP contribution in [-0.4, -0.2) is 17.9 Å². The summed E-state index contributed by atoms with van der Waals surface area (Å²) in [5, 5.41) is 1.15. The van der Waals surface area contributed by atoms with E-state index in [1.54, 1.807) is 0 Å². The molecule has 0 atom stereocenters. The van der Waals surface area contributed by atoms with Gasteiger partial charge in [0.15, 0.2) is 0 Å². The number of hydrogen-bond donors (Lipinski definition) is 0. The minimum atomic E-state index is 0.00831. The van der Waals surface area contributed by atoms with Crippen molar-refractivity contribution in [1.29, 1.82) is 0 Å². The summed E-state index contributed by atoms with van der Waals surface area (Å²) in [6.07, 6.45) is 21.0. The van der Waals surface area contributed by atoms with Crippen LogP contribution in [0.15, 0.2) is 0 Å². The first kappa shape index (κ1) is 23.9. The Morgan fingerprint density at radius 3 is 1.67 bits per heavy atom. The second-order valence-corrected chi connectivity index (χ2v) is 7.76. The van der Waals surface area contributed by atoms with E-state index >= 15 is 0 Å². The van der Waals surface area contributed by atoms with E-state index in [0.29, 0.717) is 13.0 Å². The van der Waals surface area contributed by atoms with Crippen LogP contribution in [0.1, 0.15) is 116 Å². The maximum atomic E-state index is 11.6. The lowest BCUT2D eigenvalue weighted by Gasteiger charge is -2.05. The number of carbonyl (C=O) groups is 1. The lowest BCUT2D eigenvalue weighted by molar-refractivity contribution is -0.143. The highest BCUT2D eigenvalue weighted by molar-refractivity contribution is 9.09. The molecule has 3 heteroatoms. The Kier molecular flexibility index (Phi) is 20.9. The molecule has 0 aliphatic heterocycles. The molecule has 0 saturated heterocycles. The maximum absolute atomic E-state index is 11.6. The zero-order chi connectivity index (χ0) is 17.7. The molecule has 0 aromatic heterocycles. The van der Waals surface area contributed by atoms with Gasteiger partial charge in [0, 0.05) is 11.8 Å². The minimum absolute atomic E-state index is 0.00831. The van der Waals surface area contributed by atoms with E-state index in [1.165, 1.54) is 89.9 Å². The summed E-state index contributed by atoms with van der Waals surface area (Å²) in [6.45, 7) is 2.85. The average Bonchev–Trinajstić information content (AvgIpc) is 2.59. The van der Waals surface area contributed by atoms with E-state index in [1.807, 2.05) is 0 Å². The first-order valence-corrected chi connectivity index (χ1v) is 11.6. The molecule has 0 aliphatic carbocycles. The Morgan fingerprint density at radius 1 is 0.667 bits per heavy atom. The van der Waals surface area contributed by atoms with E-state index in [4.69, 9.17) is 4.74 Å². The van der Waals surface area contributed by atoms with E-state index in [9.17, 15) is 4.79 Å². The van der Waals surface area contributed by atoms with Crippen molar-refractivity contribution in [3.63, 3.8) is 0 Å². The van der Waals surface area contributed by atoms with Crippen LogP contribution in [-0.2, 0) is 9.53 Å². The molecule has 0 bridgehead atoms. The fourth-order valence-corrected chi connectivity index (χ4v) is 3.32. The Bertz CT molecular complexity index is 256. The Labute approximate surface area is 159 Å². The molecule has 0 amide bonds. The van der Waals surface area contributed by atoms with E-state index in [0.717, 1.165) is 18.2 Å². The lowest BCUT2D eigenvalue weighted by Crippen LogP contribution is -2.05. The first-order chi connectivity index (χ1) is 11.8. The normalized spacial score (nSPS) is 10.9. The molecule has 144 valence electrons. The van der Waals surface area contributed by atoms with Gasteiger partial charge in [0.25, 0.3) is 0 Å². The van der Waals surface area contributed by atoms with Gasteiger partial charge in [-0.1, -0.05) is 106 Å². The molecule has 0 aromatic carbocycles. The number of unbranched alkanes of at least 4 members (excludes halogenated alkanes) is 14. The summed E-state index contributed by atoms with van der Waals surface area (Å²) < 4.78 is 5.31. The summed E-state index contributed by atoms with van der Waals surface area (Å²) in [4.78, 5) is 11.6. The van der Waals surface area contributed by atoms with Crippen LogP contribution in [0.25, 0.3) is 0 Å². The highest BCUT2D eigenvalue weighted by Crippen LogP contribution is 2.11. The predicted octanol–water partition coefficient (Wildman–Crippen LogP) is 7.58. The molecular formula is C21H41BrO2. The number of esters is 1. The number of ether oxygens (including phenoxy) is 1. The van der Waals surface area contributed by atoms with Crippen LogP contribution < -0.4 is 0 Å². The molecule has 0 fully saturated rings. The van der Waals surface area contributed by atoms with Crippen LogP contribution >= 0.6 is 15.9 Å². The summed E-state index contributed by atoms with van der Waals surface area (Å²) in [7, 11) is 0. The monoisotopic (exact) mass is 404 g/mol. The van der Waals surface area contributed by atoms with Crippen molar-refractivity contribution in [3.05, 3.63) is 0 Å². The molecule has 0 aromatic rings. The number of alkyl halides is 1. The lowest BCUT2D eigenvalue weighted by atomic mass is 10.1. The van der Waals surface area contributed by atoms with Gasteiger partial charge >= 0.3 is 5.97 Å². The van der Waals surface area contributed by atoms with Crippen LogP contribution in [0.2, 0.25) is 0 Å². The Morgan fingerprint density at radius 2 is 1.12 bits per heavy atom. The topological polar surface area (TPSA) is 26.3 Å². The molecule has 0 N–H and O–H groups in total. The standard InChI is InChI=1S/C21H41BrO2/c1-2-3-4-5-12-15-18-21(23)24-20-17-14-11-9-7-6-8-10-13-16-19-22/h2-20H2,1H3. The predicted molar refractivity (Wildman–Crippen MR) is 109 cm³/mol. The van der Waals surface area contributed by atoms with Crippen LogP contribution in [0, 0.1) is 0 Å². The second kappa shape index (κ2) is 21.0. The van der Waals surface area contributed by atoms with Crippen LogP contribution in [0.4, 0.5) is 0 Å². The van der Waals surface area contributed by atoms with Crippen LogP contribution in [0.5, 0.6) is 0 Å². The molecular weight excluding hydrogens is 364 g/mol. The van der Waals surface area contributed by atoms with Gasteiger partial charge in [-0.3, -0.25) is 4.79 Å². The molecule has 24 heavy (non-hydrogen) atoms. The molecule has 0 saturated carbocycles. The van der Waals surface area contributed by atoms with E-state index < -0.39 is 0 Å². The number of halogens is 1. The summed E-state index contributed by atoms with van der Waals surface area (Å²) in [5.74, 6) is 0.00831. The van der Waals surface area contributed by atoms with Gasteiger partial charge in [0.2, 0.25) is 0 Å². The highest BCUT2D eigenvalue weighted by Gasteiger charge is 2.02. The van der Waals surface area contributed by atoms with Crippen molar-refractivity contribution in [1.82, 2.24) is 0 Å². The van der Waals surface area contributed by atoms with Gasteiger partial charge in [0.05, 0.1) is 6.61 Å². The molecule has 2 nitrogen and oxygen atoms in total. The summed E-state index contributed by atoms with van der Waals surface area (Å²) >= 11 is 3.47. The molecule has 0 spiro atoms. The van der Waals surface area contributed by atoms with E-state index in [2.05, 4.69) is 22.9 Å². The van der Waals surface area contributed by atoms with Crippen molar-refractivity contribution >= 4 is 21.9 Å². The Balaban J connectivity index is 3.11. The third-order valence-electron chi connectivity index (χ3n) is 4.53. The fraction of sp³-hybridized carbons (Fsp3) is 0.952. The van der Waals surface area contributed by atoms with Crippen molar-refractivity contribution in [2.24, 2.45) is 0 Å². The third kappa shape index (κ3) is 20.0. The number of rotatable bonds is 19. The third-order valence-corrected chi connectivity index (χ3v) is 5.09. The molecule has 0 radical (unpaired) electrons. The van der Waals surface area contributed by atoms with Crippen molar-refractivity contribution in [3.8, 4) is 0 Å². The molecule has 0 aliphatic rings. The van der Waals surface area contributed by atoms with Gasteiger partial charge in [-0.25, -0.2) is 0 Å². The smallest absolute Gasteiger partial charge is 0.305 e. The van der Waals surface area contributed by atoms with Gasteiger partial charge in [0.1, 0.15) is 0 Å². The van der Waals surface area contributed by atoms with Crippen molar-refractivity contribution in [2.75, 3.05) is 11.9 Å². The van der Waals surface area contributed by atoms with E-state index in [-0.39, 0.29) is 5.97 Å². The Hall–Kier alpha value is -0.0500. The highest BCUT2D eigenvalue weighted by atomic mass is 79.9. The van der Waals surface area contributed by atoms with Crippen LogP contribution in [0.3, 0.4) is 0 Å². The molecule has 0 heterocycles. The van der Waals surface area contributed by atoms with Gasteiger partial charge in [-0.2, -0.15) is 0 Å². The van der Waals surface area contributed by atoms with Gasteiger partial charge in [-0.15, -0.1) is 0 Å². The zero-order valence-corrected chi connectivity index (χ0v) is 17.7. The number of carbonyl (C=O) groups excluding carboxylic acids is 1. The average molecular weight is 405 g/mol. The number of hydrogen-bond acceptors (Lipinski definition) is 2. The fourth-order valence-electron chi connectivity index (χ4n) is 2.92. The SMILES string of the molecule is CCCCCCCCC(=O)OCCCCCCCCCCCCBr.